The molecule has 0 saturated carbocycles. The summed E-state index contributed by atoms with van der Waals surface area (Å²) >= 11 is 0. The van der Waals surface area contributed by atoms with Gasteiger partial charge in [0.05, 0.1) is 11.9 Å². The van der Waals surface area contributed by atoms with Gasteiger partial charge in [0.15, 0.2) is 5.69 Å². The first-order valence-electron chi connectivity index (χ1n) is 12.6. The number of hydrogen-bond acceptors (Lipinski definition) is 5. The number of anilines is 1. The molecule has 0 spiro atoms. The normalized spacial score (nSPS) is 14.4. The molecule has 10 heteroatoms. The van der Waals surface area contributed by atoms with Gasteiger partial charge in [-0.3, -0.25) is 19.4 Å². The van der Waals surface area contributed by atoms with Crippen LogP contribution in [0.1, 0.15) is 44.4 Å². The Bertz CT molecular complexity index is 1770. The largest absolute Gasteiger partial charge is 0.435 e. The maximum absolute atomic E-state index is 14.1. The predicted molar refractivity (Wildman–Crippen MR) is 144 cm³/mol. The minimum absolute atomic E-state index is 0.140. The van der Waals surface area contributed by atoms with Gasteiger partial charge in [0, 0.05) is 60.3 Å². The number of amides is 1. The van der Waals surface area contributed by atoms with Gasteiger partial charge in [-0.25, -0.2) is 0 Å². The van der Waals surface area contributed by atoms with E-state index in [1.807, 2.05) is 25.1 Å². The Balaban J connectivity index is 1.55. The van der Waals surface area contributed by atoms with Gasteiger partial charge < -0.3 is 10.0 Å². The first-order valence-corrected chi connectivity index (χ1v) is 12.6. The number of rotatable bonds is 4. The van der Waals surface area contributed by atoms with E-state index in [0.717, 1.165) is 21.0 Å². The van der Waals surface area contributed by atoms with Crippen LogP contribution in [0.3, 0.4) is 0 Å². The molecular formula is C30H24F3N5O2. The van der Waals surface area contributed by atoms with Crippen molar-refractivity contribution < 1.29 is 23.1 Å². The lowest BCUT2D eigenvalue weighted by atomic mass is 9.86. The fraction of sp³-hybridized carbons (Fsp3) is 0.200. The minimum atomic E-state index is -4.71. The van der Waals surface area contributed by atoms with E-state index in [0.29, 0.717) is 28.8 Å². The fourth-order valence-corrected chi connectivity index (χ4v) is 5.36. The van der Waals surface area contributed by atoms with Crippen molar-refractivity contribution >= 4 is 22.4 Å². The highest BCUT2D eigenvalue weighted by Crippen LogP contribution is 2.42. The highest BCUT2D eigenvalue weighted by Gasteiger charge is 2.39. The van der Waals surface area contributed by atoms with Crippen LogP contribution in [0.15, 0.2) is 73.4 Å². The highest BCUT2D eigenvalue weighted by molar-refractivity contribution is 6.13. The van der Waals surface area contributed by atoms with Crippen LogP contribution >= 0.6 is 0 Å². The van der Waals surface area contributed by atoms with Crippen molar-refractivity contribution in [2.45, 2.75) is 25.6 Å². The highest BCUT2D eigenvalue weighted by atomic mass is 19.4. The smallest absolute Gasteiger partial charge is 0.384 e. The molecule has 1 aliphatic rings. The van der Waals surface area contributed by atoms with Crippen LogP contribution in [0, 0.1) is 6.92 Å². The van der Waals surface area contributed by atoms with Crippen LogP contribution in [0.25, 0.3) is 21.9 Å². The van der Waals surface area contributed by atoms with E-state index in [1.165, 1.54) is 31.7 Å². The van der Waals surface area contributed by atoms with Gasteiger partial charge in [-0.15, -0.1) is 0 Å². The number of halogens is 3. The van der Waals surface area contributed by atoms with Crippen LogP contribution in [-0.4, -0.2) is 37.3 Å². The van der Waals surface area contributed by atoms with E-state index in [4.69, 9.17) is 0 Å². The molecule has 202 valence electrons. The number of aryl methyl sites for hydroxylation is 2. The molecule has 0 aliphatic carbocycles. The molecule has 0 bridgehead atoms. The molecule has 6 rings (SSSR count). The summed E-state index contributed by atoms with van der Waals surface area (Å²) in [6.45, 7) is 2.21. The number of aromatic nitrogens is 4. The van der Waals surface area contributed by atoms with Gasteiger partial charge in [-0.1, -0.05) is 17.7 Å². The second-order valence-corrected chi connectivity index (χ2v) is 9.93. The molecule has 1 atom stereocenters. The van der Waals surface area contributed by atoms with E-state index in [1.54, 1.807) is 35.5 Å². The molecule has 2 aromatic carbocycles. The quantitative estimate of drug-likeness (QED) is 0.317. The third-order valence-corrected chi connectivity index (χ3v) is 7.24. The Morgan fingerprint density at radius 3 is 2.45 bits per heavy atom. The van der Waals surface area contributed by atoms with E-state index >= 15 is 0 Å². The van der Waals surface area contributed by atoms with E-state index < -0.39 is 18.0 Å². The van der Waals surface area contributed by atoms with Gasteiger partial charge in [-0.2, -0.15) is 18.3 Å². The topological polar surface area (TPSA) is 84.1 Å². The van der Waals surface area contributed by atoms with Gasteiger partial charge in [-0.05, 0) is 65.9 Å². The van der Waals surface area contributed by atoms with Crippen molar-refractivity contribution in [1.29, 1.82) is 0 Å². The molecule has 1 unspecified atom stereocenters. The van der Waals surface area contributed by atoms with Gasteiger partial charge in [0.25, 0.3) is 5.91 Å². The fourth-order valence-electron chi connectivity index (χ4n) is 5.36. The number of carbonyl (C=O) groups excluding carboxylic acids is 1. The Hall–Kier alpha value is -4.57. The summed E-state index contributed by atoms with van der Waals surface area (Å²) in [7, 11) is 1.42. The van der Waals surface area contributed by atoms with Crippen LogP contribution in [-0.2, 0) is 19.6 Å². The number of alkyl halides is 3. The molecule has 1 amide bonds. The van der Waals surface area contributed by atoms with Crippen LogP contribution < -0.4 is 4.90 Å². The summed E-state index contributed by atoms with van der Waals surface area (Å²) in [4.78, 5) is 24.0. The van der Waals surface area contributed by atoms with Crippen LogP contribution in [0.2, 0.25) is 0 Å². The summed E-state index contributed by atoms with van der Waals surface area (Å²) < 4.78 is 43.2. The lowest BCUT2D eigenvalue weighted by Gasteiger charge is -2.31. The monoisotopic (exact) mass is 543 g/mol. The summed E-state index contributed by atoms with van der Waals surface area (Å²) in [5.41, 5.74) is 2.18. The molecule has 0 radical (unpaired) electrons. The predicted octanol–water partition coefficient (Wildman–Crippen LogP) is 5.64. The van der Waals surface area contributed by atoms with Crippen molar-refractivity contribution in [3.05, 3.63) is 107 Å². The number of nitrogens with zero attached hydrogens (tertiary/aromatic N) is 5. The summed E-state index contributed by atoms with van der Waals surface area (Å²) in [6.07, 6.45) is 2.09. The summed E-state index contributed by atoms with van der Waals surface area (Å²) in [5, 5.41) is 16.6. The Kier molecular flexibility index (Phi) is 6.14. The van der Waals surface area contributed by atoms with Crippen molar-refractivity contribution in [2.24, 2.45) is 7.05 Å². The standard InChI is InChI=1S/C30H24F3N5O2/c1-17-3-4-19-14-35-15-26(22(19)11-17)38-10-7-21-23(25-16-37(2)36-28(25)30(31,32)33)12-20(13-24(21)29(38)40)27(39)18-5-8-34-9-6-18/h3-6,8-9,11-16,27,39H,7,10H2,1-2H3. The first kappa shape index (κ1) is 25.7. The summed E-state index contributed by atoms with van der Waals surface area (Å²) in [5.74, 6) is -0.375. The molecule has 7 nitrogen and oxygen atoms in total. The zero-order valence-electron chi connectivity index (χ0n) is 21.6. The zero-order chi connectivity index (χ0) is 28.2. The van der Waals surface area contributed by atoms with Crippen LogP contribution in [0.5, 0.6) is 0 Å². The Labute approximate surface area is 227 Å². The maximum Gasteiger partial charge on any atom is 0.435 e. The second kappa shape index (κ2) is 9.56. The lowest BCUT2D eigenvalue weighted by Crippen LogP contribution is -2.38. The van der Waals surface area contributed by atoms with Crippen LogP contribution in [0.4, 0.5) is 18.9 Å². The lowest BCUT2D eigenvalue weighted by molar-refractivity contribution is -0.140. The molecule has 5 aromatic rings. The van der Waals surface area contributed by atoms with Crippen molar-refractivity contribution in [2.75, 3.05) is 11.4 Å². The molecule has 40 heavy (non-hydrogen) atoms. The van der Waals surface area contributed by atoms with Crippen molar-refractivity contribution in [3.63, 3.8) is 0 Å². The number of aliphatic hydroxyl groups is 1. The molecule has 4 heterocycles. The Morgan fingerprint density at radius 2 is 1.70 bits per heavy atom. The number of hydrogen-bond donors (Lipinski definition) is 1. The number of fused-ring (bicyclic) bond motifs is 2. The SMILES string of the molecule is Cc1ccc2cncc(N3CCc4c(cc(C(O)c5ccncc5)cc4-c4cn(C)nc4C(F)(F)F)C3=O)c2c1. The maximum atomic E-state index is 14.1. The number of pyridine rings is 2. The van der Waals surface area contributed by atoms with Gasteiger partial charge in [0.2, 0.25) is 0 Å². The third-order valence-electron chi connectivity index (χ3n) is 7.24. The third kappa shape index (κ3) is 4.40. The average Bonchev–Trinajstić information content (AvgIpc) is 3.35. The molecule has 1 aliphatic heterocycles. The van der Waals surface area contributed by atoms with Gasteiger partial charge in [0.1, 0.15) is 6.10 Å². The average molecular weight is 544 g/mol. The van der Waals surface area contributed by atoms with E-state index in [9.17, 15) is 23.1 Å². The molecule has 0 saturated heterocycles. The zero-order valence-corrected chi connectivity index (χ0v) is 21.6. The van der Waals surface area contributed by atoms with Crippen molar-refractivity contribution in [3.8, 4) is 11.1 Å². The van der Waals surface area contributed by atoms with Crippen molar-refractivity contribution in [1.82, 2.24) is 19.7 Å². The summed E-state index contributed by atoms with van der Waals surface area (Å²) in [6, 6.07) is 12.2. The Morgan fingerprint density at radius 1 is 0.950 bits per heavy atom. The van der Waals surface area contributed by atoms with Gasteiger partial charge >= 0.3 is 6.18 Å². The number of carbonyl (C=O) groups is 1. The molecule has 0 fully saturated rings. The molecule has 3 aromatic heterocycles. The van der Waals surface area contributed by atoms with E-state index in [2.05, 4.69) is 15.1 Å². The number of benzene rings is 2. The molecular weight excluding hydrogens is 519 g/mol. The van der Waals surface area contributed by atoms with E-state index in [-0.39, 0.29) is 29.1 Å². The minimum Gasteiger partial charge on any atom is -0.384 e. The number of aliphatic hydroxyl groups excluding tert-OH is 1. The molecule has 1 N–H and O–H groups in total. The second-order valence-electron chi connectivity index (χ2n) is 9.93. The first-order chi connectivity index (χ1) is 19.1.